The zero-order valence-electron chi connectivity index (χ0n) is 17.4. The molecule has 0 bridgehead atoms. The summed E-state index contributed by atoms with van der Waals surface area (Å²) in [6.45, 7) is 6.47. The molecule has 3 heterocycles. The number of anilines is 1. The van der Waals surface area contributed by atoms with Gasteiger partial charge in [0.05, 0.1) is 31.0 Å². The van der Waals surface area contributed by atoms with E-state index < -0.39 is 0 Å². The Morgan fingerprint density at radius 3 is 2.87 bits per heavy atom. The molecular weight excluding hydrogens is 392 g/mol. The molecule has 2 saturated carbocycles. The summed E-state index contributed by atoms with van der Waals surface area (Å²) in [7, 11) is 0. The number of aliphatic imine (C=N–C) groups is 1. The van der Waals surface area contributed by atoms with Crippen LogP contribution >= 0.6 is 0 Å². The first kappa shape index (κ1) is 18.9. The zero-order valence-corrected chi connectivity index (χ0v) is 17.4. The van der Waals surface area contributed by atoms with Gasteiger partial charge in [0.25, 0.3) is 0 Å². The van der Waals surface area contributed by atoms with Crippen LogP contribution in [-0.4, -0.2) is 70.5 Å². The van der Waals surface area contributed by atoms with Gasteiger partial charge in [0.2, 0.25) is 0 Å². The van der Waals surface area contributed by atoms with Gasteiger partial charge in [-0.15, -0.1) is 0 Å². The van der Waals surface area contributed by atoms with Crippen LogP contribution in [0.25, 0.3) is 16.7 Å². The molecule has 8 nitrogen and oxygen atoms in total. The number of benzene rings is 1. The Morgan fingerprint density at radius 1 is 1.23 bits per heavy atom. The first-order chi connectivity index (χ1) is 15.2. The van der Waals surface area contributed by atoms with Crippen LogP contribution in [-0.2, 0) is 10.2 Å². The number of aliphatic hydroxyl groups excluding tert-OH is 1. The molecule has 1 N–H and O–H groups in total. The van der Waals surface area contributed by atoms with Crippen molar-refractivity contribution in [2.24, 2.45) is 10.4 Å². The molecule has 2 atom stereocenters. The van der Waals surface area contributed by atoms with Gasteiger partial charge in [-0.1, -0.05) is 12.1 Å². The topological polar surface area (TPSA) is 88.7 Å². The largest absolute Gasteiger partial charge is 0.394 e. The first-order valence-electron chi connectivity index (χ1n) is 10.9. The fourth-order valence-corrected chi connectivity index (χ4v) is 5.42. The van der Waals surface area contributed by atoms with Crippen LogP contribution < -0.4 is 4.90 Å². The Morgan fingerprint density at radius 2 is 2.10 bits per heavy atom. The number of hydrogen-bond acceptors (Lipinski definition) is 7. The minimum Gasteiger partial charge on any atom is -0.394 e. The highest BCUT2D eigenvalue weighted by Gasteiger charge is 2.74. The van der Waals surface area contributed by atoms with Crippen molar-refractivity contribution < 1.29 is 9.84 Å². The van der Waals surface area contributed by atoms with Crippen molar-refractivity contribution in [2.75, 3.05) is 37.7 Å². The van der Waals surface area contributed by atoms with Crippen molar-refractivity contribution in [1.29, 1.82) is 0 Å². The van der Waals surface area contributed by atoms with Gasteiger partial charge in [0, 0.05) is 36.5 Å². The quantitative estimate of drug-likeness (QED) is 0.617. The number of hydrogen-bond donors (Lipinski definition) is 1. The van der Waals surface area contributed by atoms with Crippen molar-refractivity contribution in [2.45, 2.75) is 30.8 Å². The zero-order chi connectivity index (χ0) is 21.1. The Balaban J connectivity index is 1.37. The number of fused-ring (bicyclic) bond motifs is 1. The highest BCUT2D eigenvalue weighted by Crippen LogP contribution is 2.78. The summed E-state index contributed by atoms with van der Waals surface area (Å²) in [5.74, 6) is 1.55. The van der Waals surface area contributed by atoms with Crippen LogP contribution in [0.3, 0.4) is 0 Å². The van der Waals surface area contributed by atoms with E-state index in [0.29, 0.717) is 18.6 Å². The van der Waals surface area contributed by atoms with Crippen LogP contribution in [0.5, 0.6) is 0 Å². The van der Waals surface area contributed by atoms with Crippen LogP contribution in [0.4, 0.5) is 5.82 Å². The van der Waals surface area contributed by atoms with E-state index >= 15 is 0 Å². The van der Waals surface area contributed by atoms with Crippen molar-refractivity contribution in [3.05, 3.63) is 42.4 Å². The summed E-state index contributed by atoms with van der Waals surface area (Å²) < 4.78 is 7.46. The predicted octanol–water partition coefficient (Wildman–Crippen LogP) is 2.14. The fraction of sp³-hybridized carbons (Fsp3) is 0.478. The van der Waals surface area contributed by atoms with Crippen LogP contribution in [0.15, 0.2) is 41.8 Å². The van der Waals surface area contributed by atoms with Gasteiger partial charge >= 0.3 is 0 Å². The molecule has 160 valence electrons. The molecule has 1 saturated heterocycles. The molecule has 2 aliphatic carbocycles. The summed E-state index contributed by atoms with van der Waals surface area (Å²) in [5.41, 5.74) is 2.97. The summed E-state index contributed by atoms with van der Waals surface area (Å²) in [5, 5.41) is 15.2. The number of morpholine rings is 1. The minimum atomic E-state index is -0.191. The van der Waals surface area contributed by atoms with Crippen molar-refractivity contribution >= 4 is 23.4 Å². The van der Waals surface area contributed by atoms with E-state index in [1.54, 1.807) is 6.33 Å². The van der Waals surface area contributed by atoms with Gasteiger partial charge in [0.1, 0.15) is 12.1 Å². The monoisotopic (exact) mass is 418 g/mol. The molecule has 0 radical (unpaired) electrons. The third kappa shape index (κ3) is 2.89. The molecule has 1 aromatic carbocycles. The summed E-state index contributed by atoms with van der Waals surface area (Å²) in [4.78, 5) is 15.4. The molecule has 0 amide bonds. The number of rotatable bonds is 6. The number of aliphatic hydroxyl groups is 1. The van der Waals surface area contributed by atoms with Crippen LogP contribution in [0, 0.1) is 5.41 Å². The van der Waals surface area contributed by atoms with E-state index in [4.69, 9.17) is 4.74 Å². The lowest BCUT2D eigenvalue weighted by molar-refractivity contribution is 0.00335. The Hall–Kier alpha value is -2.84. The molecular formula is C23H26N6O2. The summed E-state index contributed by atoms with van der Waals surface area (Å²) in [6, 6.07) is 8.61. The van der Waals surface area contributed by atoms with E-state index in [-0.39, 0.29) is 18.1 Å². The smallest absolute Gasteiger partial charge is 0.159 e. The van der Waals surface area contributed by atoms with Gasteiger partial charge in [0.15, 0.2) is 5.82 Å². The maximum absolute atomic E-state index is 9.45. The third-order valence-electron chi connectivity index (χ3n) is 7.41. The van der Waals surface area contributed by atoms with E-state index in [9.17, 15) is 5.11 Å². The predicted molar refractivity (Wildman–Crippen MR) is 118 cm³/mol. The third-order valence-corrected chi connectivity index (χ3v) is 7.41. The average molecular weight is 419 g/mol. The first-order valence-corrected chi connectivity index (χ1v) is 10.9. The Bertz CT molecular complexity index is 1160. The van der Waals surface area contributed by atoms with E-state index in [1.807, 2.05) is 16.9 Å². The number of nitrogens with zero attached hydrogens (tertiary/aromatic N) is 6. The SMILES string of the molecule is C=NC[C@@]1(c2ccc3cnn(-c4cc(N5CCO[C@H](CO)C5)ncn4)c3c2)CC12CC2. The molecule has 0 unspecified atom stereocenters. The van der Waals surface area contributed by atoms with Crippen molar-refractivity contribution in [1.82, 2.24) is 19.7 Å². The van der Waals surface area contributed by atoms with E-state index in [0.717, 1.165) is 35.6 Å². The van der Waals surface area contributed by atoms with Gasteiger partial charge < -0.3 is 14.7 Å². The van der Waals surface area contributed by atoms with Crippen molar-refractivity contribution in [3.63, 3.8) is 0 Å². The molecule has 2 aromatic heterocycles. The molecule has 1 aliphatic heterocycles. The standard InChI is InChI=1S/C23H26N6O2/c1-24-14-23(13-22(23)4-5-22)17-3-2-16-10-27-29(19(16)8-17)21-9-20(25-15-26-21)28-6-7-31-18(11-28)12-30/h2-3,8-10,15,18,30H,1,4-7,11-14H2/t18-,23+/m0/s1. The second-order valence-electron chi connectivity index (χ2n) is 9.11. The lowest BCUT2D eigenvalue weighted by Gasteiger charge is -2.32. The average Bonchev–Trinajstić information content (AvgIpc) is 3.68. The Kier molecular flexibility index (Phi) is 4.16. The summed E-state index contributed by atoms with van der Waals surface area (Å²) in [6.07, 6.45) is 7.07. The molecule has 3 aromatic rings. The second kappa shape index (κ2) is 6.83. The number of ether oxygens (including phenoxy) is 1. The molecule has 8 heteroatoms. The highest BCUT2D eigenvalue weighted by molar-refractivity contribution is 5.81. The second-order valence-corrected chi connectivity index (χ2v) is 9.11. The lowest BCUT2D eigenvalue weighted by Crippen LogP contribution is -2.44. The van der Waals surface area contributed by atoms with E-state index in [1.165, 1.54) is 24.8 Å². The van der Waals surface area contributed by atoms with E-state index in [2.05, 4.69) is 49.9 Å². The van der Waals surface area contributed by atoms with Gasteiger partial charge in [-0.05, 0) is 43.0 Å². The maximum atomic E-state index is 9.45. The molecule has 31 heavy (non-hydrogen) atoms. The number of aromatic nitrogens is 4. The fourth-order valence-electron chi connectivity index (χ4n) is 5.42. The van der Waals surface area contributed by atoms with Crippen LogP contribution in [0.2, 0.25) is 0 Å². The van der Waals surface area contributed by atoms with Crippen molar-refractivity contribution in [3.8, 4) is 5.82 Å². The lowest BCUT2D eigenvalue weighted by atomic mass is 9.91. The molecule has 3 fully saturated rings. The normalized spacial score (nSPS) is 26.4. The molecule has 1 spiro atoms. The summed E-state index contributed by atoms with van der Waals surface area (Å²) >= 11 is 0. The molecule has 6 rings (SSSR count). The molecule has 3 aliphatic rings. The minimum absolute atomic E-state index is 0.00379. The highest BCUT2D eigenvalue weighted by atomic mass is 16.5. The van der Waals surface area contributed by atoms with Gasteiger partial charge in [-0.2, -0.15) is 5.10 Å². The van der Waals surface area contributed by atoms with Crippen LogP contribution in [0.1, 0.15) is 24.8 Å². The van der Waals surface area contributed by atoms with Gasteiger partial charge in [-0.3, -0.25) is 4.99 Å². The Labute approximate surface area is 180 Å². The van der Waals surface area contributed by atoms with Gasteiger partial charge in [-0.25, -0.2) is 14.6 Å². The maximum Gasteiger partial charge on any atom is 0.159 e.